The van der Waals surface area contributed by atoms with Crippen molar-refractivity contribution >= 4 is 24.2 Å². The molecule has 0 spiro atoms. The summed E-state index contributed by atoms with van der Waals surface area (Å²) in [5.41, 5.74) is 0.991. The van der Waals surface area contributed by atoms with E-state index in [0.29, 0.717) is 0 Å². The number of hydrogen-bond donors (Lipinski definition) is 0. The van der Waals surface area contributed by atoms with Gasteiger partial charge in [-0.25, -0.2) is 0 Å². The van der Waals surface area contributed by atoms with Gasteiger partial charge in [0.1, 0.15) is 0 Å². The van der Waals surface area contributed by atoms with Crippen LogP contribution < -0.4 is 0 Å². The van der Waals surface area contributed by atoms with Crippen LogP contribution in [0.25, 0.3) is 5.69 Å². The topological polar surface area (TPSA) is 46.8 Å². The summed E-state index contributed by atoms with van der Waals surface area (Å²) in [5, 5.41) is 12.6. The van der Waals surface area contributed by atoms with Crippen molar-refractivity contribution < 1.29 is 0 Å². The third-order valence-corrected chi connectivity index (χ3v) is 3.11. The predicted octanol–water partition coefficient (Wildman–Crippen LogP) is 1.74. The highest BCUT2D eigenvalue weighted by atomic mass is 35.5. The summed E-state index contributed by atoms with van der Waals surface area (Å²) < 4.78 is 1.76. The van der Waals surface area contributed by atoms with Crippen molar-refractivity contribution in [2.45, 2.75) is 5.16 Å². The Balaban J connectivity index is 0.00000162. The Morgan fingerprint density at radius 1 is 1.22 bits per heavy atom. The molecule has 0 bridgehead atoms. The molecule has 18 heavy (non-hydrogen) atoms. The van der Waals surface area contributed by atoms with Crippen molar-refractivity contribution in [2.24, 2.45) is 0 Å². The van der Waals surface area contributed by atoms with Crippen LogP contribution >= 0.6 is 24.2 Å². The molecular weight excluding hydrogens is 270 g/mol. The number of nitrogens with zero attached hydrogens (tertiary/aromatic N) is 5. The Morgan fingerprint density at radius 2 is 1.94 bits per heavy atom. The van der Waals surface area contributed by atoms with E-state index in [9.17, 15) is 0 Å². The molecule has 5 nitrogen and oxygen atoms in total. The quantitative estimate of drug-likeness (QED) is 0.783. The second-order valence-electron chi connectivity index (χ2n) is 3.86. The van der Waals surface area contributed by atoms with Crippen LogP contribution in [0.4, 0.5) is 0 Å². The maximum atomic E-state index is 4.04. The number of aromatic nitrogens is 4. The van der Waals surface area contributed by atoms with Crippen LogP contribution in [0.3, 0.4) is 0 Å². The summed E-state index contributed by atoms with van der Waals surface area (Å²) in [6, 6.07) is 9.92. The lowest BCUT2D eigenvalue weighted by molar-refractivity contribution is 0.437. The van der Waals surface area contributed by atoms with Gasteiger partial charge in [-0.05, 0) is 36.7 Å². The Bertz CT molecular complexity index is 459. The van der Waals surface area contributed by atoms with E-state index in [1.807, 2.05) is 30.3 Å². The van der Waals surface area contributed by atoms with Crippen molar-refractivity contribution in [3.8, 4) is 5.69 Å². The van der Waals surface area contributed by atoms with Gasteiger partial charge in [-0.15, -0.1) is 17.5 Å². The number of benzene rings is 1. The Hall–Kier alpha value is -1.11. The fourth-order valence-corrected chi connectivity index (χ4v) is 2.32. The summed E-state index contributed by atoms with van der Waals surface area (Å²) in [6.45, 7) is 1.01. The van der Waals surface area contributed by atoms with Gasteiger partial charge < -0.3 is 4.90 Å². The molecule has 7 heteroatoms. The first kappa shape index (κ1) is 14.9. The van der Waals surface area contributed by atoms with Gasteiger partial charge >= 0.3 is 0 Å². The molecule has 2 rings (SSSR count). The van der Waals surface area contributed by atoms with E-state index in [4.69, 9.17) is 0 Å². The van der Waals surface area contributed by atoms with E-state index in [-0.39, 0.29) is 12.4 Å². The van der Waals surface area contributed by atoms with Crippen molar-refractivity contribution in [3.05, 3.63) is 30.3 Å². The highest BCUT2D eigenvalue weighted by molar-refractivity contribution is 7.99. The summed E-state index contributed by atoms with van der Waals surface area (Å²) >= 11 is 1.66. The number of tetrazole rings is 1. The van der Waals surface area contributed by atoms with E-state index >= 15 is 0 Å². The highest BCUT2D eigenvalue weighted by Crippen LogP contribution is 2.17. The molecule has 0 aliphatic heterocycles. The Kier molecular flexibility index (Phi) is 6.11. The Labute approximate surface area is 117 Å². The summed E-state index contributed by atoms with van der Waals surface area (Å²) in [5.74, 6) is 0.972. The SMILES string of the molecule is CN(C)CCSc1nnnn1-c1ccccc1.Cl. The van der Waals surface area contributed by atoms with Crippen LogP contribution in [0.15, 0.2) is 35.5 Å². The number of halogens is 1. The molecule has 0 unspecified atom stereocenters. The number of para-hydroxylation sites is 1. The molecule has 1 aromatic heterocycles. The van der Waals surface area contributed by atoms with Gasteiger partial charge in [0.25, 0.3) is 0 Å². The highest BCUT2D eigenvalue weighted by Gasteiger charge is 2.08. The normalized spacial score (nSPS) is 10.4. The molecule has 0 amide bonds. The number of rotatable bonds is 5. The van der Waals surface area contributed by atoms with Gasteiger partial charge in [0, 0.05) is 12.3 Å². The lowest BCUT2D eigenvalue weighted by Gasteiger charge is -2.08. The van der Waals surface area contributed by atoms with Crippen LogP contribution in [-0.4, -0.2) is 51.5 Å². The van der Waals surface area contributed by atoms with E-state index in [1.165, 1.54) is 0 Å². The fourth-order valence-electron chi connectivity index (χ4n) is 1.32. The second kappa shape index (κ2) is 7.35. The monoisotopic (exact) mass is 285 g/mol. The first-order chi connectivity index (χ1) is 8.27. The smallest absolute Gasteiger partial charge is 0.214 e. The molecule has 0 fully saturated rings. The van der Waals surface area contributed by atoms with Gasteiger partial charge in [-0.2, -0.15) is 4.68 Å². The van der Waals surface area contributed by atoms with Crippen molar-refractivity contribution in [2.75, 3.05) is 26.4 Å². The molecule has 0 saturated carbocycles. The van der Waals surface area contributed by atoms with Crippen LogP contribution in [0, 0.1) is 0 Å². The predicted molar refractivity (Wildman–Crippen MR) is 75.7 cm³/mol. The van der Waals surface area contributed by atoms with E-state index in [2.05, 4.69) is 34.5 Å². The third kappa shape index (κ3) is 3.97. The molecule has 0 N–H and O–H groups in total. The van der Waals surface area contributed by atoms with Gasteiger partial charge in [0.15, 0.2) is 0 Å². The zero-order valence-corrected chi connectivity index (χ0v) is 12.0. The Morgan fingerprint density at radius 3 is 2.61 bits per heavy atom. The second-order valence-corrected chi connectivity index (χ2v) is 4.92. The largest absolute Gasteiger partial charge is 0.309 e. The number of hydrogen-bond acceptors (Lipinski definition) is 5. The first-order valence-electron chi connectivity index (χ1n) is 5.38. The molecule has 0 aliphatic carbocycles. The molecule has 98 valence electrons. The fraction of sp³-hybridized carbons (Fsp3) is 0.364. The third-order valence-electron chi connectivity index (χ3n) is 2.21. The lowest BCUT2D eigenvalue weighted by atomic mass is 10.3. The number of thioether (sulfide) groups is 1. The van der Waals surface area contributed by atoms with Crippen molar-refractivity contribution in [1.29, 1.82) is 0 Å². The van der Waals surface area contributed by atoms with Crippen LogP contribution in [-0.2, 0) is 0 Å². The minimum atomic E-state index is 0. The standard InChI is InChI=1S/C11H15N5S.ClH/c1-15(2)8-9-17-11-12-13-14-16(11)10-6-4-3-5-7-10;/h3-7H,8-9H2,1-2H3;1H. The average molecular weight is 286 g/mol. The van der Waals surface area contributed by atoms with Crippen molar-refractivity contribution in [3.63, 3.8) is 0 Å². The molecule has 2 aromatic rings. The zero-order valence-electron chi connectivity index (χ0n) is 10.4. The van der Waals surface area contributed by atoms with Gasteiger partial charge in [-0.3, -0.25) is 0 Å². The van der Waals surface area contributed by atoms with E-state index in [1.54, 1.807) is 16.4 Å². The van der Waals surface area contributed by atoms with Crippen LogP contribution in [0.2, 0.25) is 0 Å². The van der Waals surface area contributed by atoms with Crippen LogP contribution in [0.5, 0.6) is 0 Å². The molecule has 0 radical (unpaired) electrons. The van der Waals surface area contributed by atoms with Crippen molar-refractivity contribution in [1.82, 2.24) is 25.1 Å². The zero-order chi connectivity index (χ0) is 12.1. The minimum absolute atomic E-state index is 0. The molecule has 1 heterocycles. The maximum absolute atomic E-state index is 4.04. The van der Waals surface area contributed by atoms with E-state index in [0.717, 1.165) is 23.1 Å². The minimum Gasteiger partial charge on any atom is -0.309 e. The molecule has 0 atom stereocenters. The van der Waals surface area contributed by atoms with Gasteiger partial charge in [0.05, 0.1) is 5.69 Å². The first-order valence-corrected chi connectivity index (χ1v) is 6.37. The average Bonchev–Trinajstić information content (AvgIpc) is 2.78. The van der Waals surface area contributed by atoms with Gasteiger partial charge in [0.2, 0.25) is 5.16 Å². The lowest BCUT2D eigenvalue weighted by Crippen LogP contribution is -2.15. The van der Waals surface area contributed by atoms with Crippen LogP contribution in [0.1, 0.15) is 0 Å². The molecule has 0 aliphatic rings. The maximum Gasteiger partial charge on any atom is 0.214 e. The molecular formula is C11H16ClN5S. The summed E-state index contributed by atoms with van der Waals surface area (Å²) in [6.07, 6.45) is 0. The van der Waals surface area contributed by atoms with Gasteiger partial charge in [-0.1, -0.05) is 30.0 Å². The van der Waals surface area contributed by atoms with E-state index < -0.39 is 0 Å². The summed E-state index contributed by atoms with van der Waals surface area (Å²) in [4.78, 5) is 2.14. The molecule has 1 aromatic carbocycles. The molecule has 0 saturated heterocycles. The summed E-state index contributed by atoms with van der Waals surface area (Å²) in [7, 11) is 4.11.